The number of anilines is 1. The van der Waals surface area contributed by atoms with E-state index in [-0.39, 0.29) is 18.4 Å². The Morgan fingerprint density at radius 3 is 2.50 bits per heavy atom. The molecule has 1 aliphatic heterocycles. The Hall–Kier alpha value is -2.86. The molecule has 6 nitrogen and oxygen atoms in total. The molecule has 0 unspecified atom stereocenters. The number of benzene rings is 2. The number of hydrogen-bond donors (Lipinski definition) is 2. The first-order chi connectivity index (χ1) is 13.6. The summed E-state index contributed by atoms with van der Waals surface area (Å²) in [5, 5.41) is 5.49. The molecule has 2 aromatic rings. The van der Waals surface area contributed by atoms with E-state index in [4.69, 9.17) is 4.74 Å². The fourth-order valence-corrected chi connectivity index (χ4v) is 3.33. The average Bonchev–Trinajstić information content (AvgIpc) is 2.73. The summed E-state index contributed by atoms with van der Waals surface area (Å²) in [4.78, 5) is 26.8. The van der Waals surface area contributed by atoms with Gasteiger partial charge in [-0.1, -0.05) is 18.6 Å². The molecule has 2 aromatic carbocycles. The number of carbonyl (C=O) groups excluding carboxylic acids is 2. The zero-order valence-corrected chi connectivity index (χ0v) is 16.2. The van der Waals surface area contributed by atoms with Crippen LogP contribution in [0.2, 0.25) is 0 Å². The number of ether oxygens (including phenoxy) is 1. The zero-order chi connectivity index (χ0) is 19.8. The number of carbonyl (C=O) groups is 2. The lowest BCUT2D eigenvalue weighted by Crippen LogP contribution is -2.32. The Bertz CT molecular complexity index is 799. The third kappa shape index (κ3) is 5.82. The Morgan fingerprint density at radius 1 is 1.04 bits per heavy atom. The van der Waals surface area contributed by atoms with Crippen LogP contribution in [0.15, 0.2) is 48.5 Å². The number of methoxy groups -OCH3 is 1. The lowest BCUT2D eigenvalue weighted by atomic mass is 10.1. The van der Waals surface area contributed by atoms with E-state index in [1.807, 2.05) is 18.2 Å². The van der Waals surface area contributed by atoms with Gasteiger partial charge in [-0.15, -0.1) is 0 Å². The second kappa shape index (κ2) is 9.90. The molecular weight excluding hydrogens is 354 g/mol. The standard InChI is InChI=1S/C22H27N3O3/c1-28-20-10-8-18(9-11-20)22(27)23-15-21(26)24-19-7-5-6-17(14-19)16-25-12-3-2-4-13-25/h5-11,14H,2-4,12-13,15-16H2,1H3,(H,23,27)(H,24,26). The summed E-state index contributed by atoms with van der Waals surface area (Å²) < 4.78 is 5.07. The molecule has 2 N–H and O–H groups in total. The third-order valence-corrected chi connectivity index (χ3v) is 4.83. The van der Waals surface area contributed by atoms with Crippen molar-refractivity contribution in [2.45, 2.75) is 25.8 Å². The summed E-state index contributed by atoms with van der Waals surface area (Å²) in [5.74, 6) is 0.132. The maximum atomic E-state index is 12.2. The van der Waals surface area contributed by atoms with Crippen LogP contribution < -0.4 is 15.4 Å². The molecule has 148 valence electrons. The lowest BCUT2D eigenvalue weighted by molar-refractivity contribution is -0.115. The molecule has 0 atom stereocenters. The van der Waals surface area contributed by atoms with E-state index in [1.54, 1.807) is 31.4 Å². The molecule has 1 heterocycles. The van der Waals surface area contributed by atoms with Gasteiger partial charge in [0.15, 0.2) is 0 Å². The molecule has 1 fully saturated rings. The van der Waals surface area contributed by atoms with Crippen molar-refractivity contribution in [2.75, 3.05) is 32.1 Å². The first-order valence-electron chi connectivity index (χ1n) is 9.67. The summed E-state index contributed by atoms with van der Waals surface area (Å²) in [6.07, 6.45) is 3.82. The van der Waals surface area contributed by atoms with E-state index >= 15 is 0 Å². The van der Waals surface area contributed by atoms with Crippen molar-refractivity contribution < 1.29 is 14.3 Å². The van der Waals surface area contributed by atoms with E-state index in [1.165, 1.54) is 24.8 Å². The van der Waals surface area contributed by atoms with Crippen LogP contribution in [-0.2, 0) is 11.3 Å². The minimum Gasteiger partial charge on any atom is -0.497 e. The highest BCUT2D eigenvalue weighted by molar-refractivity contribution is 5.99. The van der Waals surface area contributed by atoms with Crippen molar-refractivity contribution in [3.05, 3.63) is 59.7 Å². The summed E-state index contributed by atoms with van der Waals surface area (Å²) in [7, 11) is 1.57. The van der Waals surface area contributed by atoms with Crippen molar-refractivity contribution in [1.82, 2.24) is 10.2 Å². The molecule has 2 amide bonds. The molecule has 0 radical (unpaired) electrons. The Balaban J connectivity index is 1.48. The SMILES string of the molecule is COc1ccc(C(=O)NCC(=O)Nc2cccc(CN3CCCCC3)c2)cc1. The molecule has 6 heteroatoms. The van der Waals surface area contributed by atoms with Crippen LogP contribution in [0, 0.1) is 0 Å². The number of likely N-dealkylation sites (tertiary alicyclic amines) is 1. The normalized spacial score (nSPS) is 14.3. The fraction of sp³-hybridized carbons (Fsp3) is 0.364. The molecule has 28 heavy (non-hydrogen) atoms. The molecule has 0 bridgehead atoms. The predicted octanol–water partition coefficient (Wildman–Crippen LogP) is 3.05. The minimum atomic E-state index is -0.295. The maximum absolute atomic E-state index is 12.2. The Morgan fingerprint density at radius 2 is 1.79 bits per heavy atom. The topological polar surface area (TPSA) is 70.7 Å². The number of hydrogen-bond acceptors (Lipinski definition) is 4. The number of nitrogens with zero attached hydrogens (tertiary/aromatic N) is 1. The van der Waals surface area contributed by atoms with Gasteiger partial charge in [0, 0.05) is 17.8 Å². The van der Waals surface area contributed by atoms with E-state index in [2.05, 4.69) is 21.6 Å². The molecule has 0 aliphatic carbocycles. The van der Waals surface area contributed by atoms with Gasteiger partial charge in [-0.25, -0.2) is 0 Å². The van der Waals surface area contributed by atoms with Crippen molar-refractivity contribution in [3.63, 3.8) is 0 Å². The van der Waals surface area contributed by atoms with Gasteiger partial charge in [0.1, 0.15) is 5.75 Å². The predicted molar refractivity (Wildman–Crippen MR) is 110 cm³/mol. The number of rotatable bonds is 7. The molecular formula is C22H27N3O3. The van der Waals surface area contributed by atoms with Crippen molar-refractivity contribution >= 4 is 17.5 Å². The smallest absolute Gasteiger partial charge is 0.251 e. The number of amides is 2. The molecule has 0 aromatic heterocycles. The highest BCUT2D eigenvalue weighted by Crippen LogP contribution is 2.16. The monoisotopic (exact) mass is 381 g/mol. The van der Waals surface area contributed by atoms with Crippen molar-refractivity contribution in [1.29, 1.82) is 0 Å². The molecule has 1 aliphatic rings. The maximum Gasteiger partial charge on any atom is 0.251 e. The van der Waals surface area contributed by atoms with E-state index in [0.717, 1.165) is 25.3 Å². The van der Waals surface area contributed by atoms with Gasteiger partial charge >= 0.3 is 0 Å². The summed E-state index contributed by atoms with van der Waals surface area (Å²) in [6.45, 7) is 3.08. The molecule has 0 spiro atoms. The van der Waals surface area contributed by atoms with Crippen LogP contribution in [0.25, 0.3) is 0 Å². The zero-order valence-electron chi connectivity index (χ0n) is 16.2. The largest absolute Gasteiger partial charge is 0.497 e. The average molecular weight is 381 g/mol. The summed E-state index contributed by atoms with van der Waals surface area (Å²) in [6, 6.07) is 14.6. The van der Waals surface area contributed by atoms with Crippen LogP contribution in [0.5, 0.6) is 5.75 Å². The van der Waals surface area contributed by atoms with Gasteiger partial charge in [0.25, 0.3) is 5.91 Å². The summed E-state index contributed by atoms with van der Waals surface area (Å²) >= 11 is 0. The van der Waals surface area contributed by atoms with Gasteiger partial charge < -0.3 is 15.4 Å². The highest BCUT2D eigenvalue weighted by atomic mass is 16.5. The van der Waals surface area contributed by atoms with Crippen LogP contribution in [0.1, 0.15) is 35.2 Å². The second-order valence-corrected chi connectivity index (χ2v) is 7.00. The summed E-state index contributed by atoms with van der Waals surface area (Å²) in [5.41, 5.74) is 2.41. The minimum absolute atomic E-state index is 0.0821. The number of nitrogens with one attached hydrogen (secondary N) is 2. The number of piperidine rings is 1. The van der Waals surface area contributed by atoms with Crippen molar-refractivity contribution in [3.8, 4) is 5.75 Å². The Kier molecular flexibility index (Phi) is 7.03. The Labute approximate surface area is 165 Å². The molecule has 3 rings (SSSR count). The third-order valence-electron chi connectivity index (χ3n) is 4.83. The van der Waals surface area contributed by atoms with Crippen LogP contribution >= 0.6 is 0 Å². The first-order valence-corrected chi connectivity index (χ1v) is 9.67. The fourth-order valence-electron chi connectivity index (χ4n) is 3.33. The van der Waals surface area contributed by atoms with Gasteiger partial charge in [-0.05, 0) is 67.9 Å². The van der Waals surface area contributed by atoms with Crippen LogP contribution in [-0.4, -0.2) is 43.5 Å². The quantitative estimate of drug-likeness (QED) is 0.773. The van der Waals surface area contributed by atoms with E-state index in [9.17, 15) is 9.59 Å². The van der Waals surface area contributed by atoms with Crippen LogP contribution in [0.3, 0.4) is 0 Å². The van der Waals surface area contributed by atoms with E-state index in [0.29, 0.717) is 11.3 Å². The van der Waals surface area contributed by atoms with Gasteiger partial charge in [-0.2, -0.15) is 0 Å². The molecule has 0 saturated carbocycles. The van der Waals surface area contributed by atoms with Crippen molar-refractivity contribution in [2.24, 2.45) is 0 Å². The van der Waals surface area contributed by atoms with Gasteiger partial charge in [0.2, 0.25) is 5.91 Å². The molecule has 1 saturated heterocycles. The van der Waals surface area contributed by atoms with Crippen LogP contribution in [0.4, 0.5) is 5.69 Å². The second-order valence-electron chi connectivity index (χ2n) is 7.00. The first kappa shape index (κ1) is 19.9. The van der Waals surface area contributed by atoms with Gasteiger partial charge in [-0.3, -0.25) is 14.5 Å². The van der Waals surface area contributed by atoms with Gasteiger partial charge in [0.05, 0.1) is 13.7 Å². The lowest BCUT2D eigenvalue weighted by Gasteiger charge is -2.26. The van der Waals surface area contributed by atoms with E-state index < -0.39 is 0 Å². The highest BCUT2D eigenvalue weighted by Gasteiger charge is 2.12.